The molecule has 2 aromatic rings. The summed E-state index contributed by atoms with van der Waals surface area (Å²) < 4.78 is 5.24. The van der Waals surface area contributed by atoms with E-state index in [2.05, 4.69) is 23.8 Å². The summed E-state index contributed by atoms with van der Waals surface area (Å²) in [5.41, 5.74) is 3.45. The van der Waals surface area contributed by atoms with Crippen molar-refractivity contribution >= 4 is 22.9 Å². The fourth-order valence-corrected chi connectivity index (χ4v) is 3.53. The predicted molar refractivity (Wildman–Crippen MR) is 98.8 cm³/mol. The summed E-state index contributed by atoms with van der Waals surface area (Å²) in [5, 5.41) is 0. The van der Waals surface area contributed by atoms with Gasteiger partial charge in [0.15, 0.2) is 6.61 Å². The largest absolute Gasteiger partial charge is 0.452 e. The molecule has 0 aliphatic carbocycles. The van der Waals surface area contributed by atoms with E-state index in [9.17, 15) is 9.59 Å². The van der Waals surface area contributed by atoms with E-state index < -0.39 is 5.97 Å². The van der Waals surface area contributed by atoms with Gasteiger partial charge in [0.25, 0.3) is 5.91 Å². The zero-order valence-electron chi connectivity index (χ0n) is 15.8. The van der Waals surface area contributed by atoms with E-state index in [0.29, 0.717) is 22.9 Å². The average molecular weight is 355 g/mol. The standard InChI is InChI=1S/C20H25N3O3/c1-12-7-13(2)10-23(9-12)19(24)11-26-20(25)16-5-6-17-18(8-16)22-15(4)14(3)21-17/h5-6,8,12-13H,7,9-11H2,1-4H3. The quantitative estimate of drug-likeness (QED) is 0.792. The summed E-state index contributed by atoms with van der Waals surface area (Å²) in [6.07, 6.45) is 1.13. The maximum Gasteiger partial charge on any atom is 0.338 e. The Bertz CT molecular complexity index is 840. The Morgan fingerprint density at radius 1 is 1.08 bits per heavy atom. The van der Waals surface area contributed by atoms with Crippen molar-refractivity contribution < 1.29 is 14.3 Å². The minimum absolute atomic E-state index is 0.135. The summed E-state index contributed by atoms with van der Waals surface area (Å²) in [6.45, 7) is 9.29. The molecule has 0 saturated carbocycles. The molecule has 1 amide bonds. The van der Waals surface area contributed by atoms with Gasteiger partial charge >= 0.3 is 5.97 Å². The van der Waals surface area contributed by atoms with Crippen LogP contribution in [-0.2, 0) is 9.53 Å². The van der Waals surface area contributed by atoms with Gasteiger partial charge in [0, 0.05) is 13.1 Å². The van der Waals surface area contributed by atoms with Crippen molar-refractivity contribution in [3.05, 3.63) is 35.2 Å². The van der Waals surface area contributed by atoms with Gasteiger partial charge in [0.1, 0.15) is 0 Å². The number of aromatic nitrogens is 2. The molecule has 2 heterocycles. The summed E-state index contributed by atoms with van der Waals surface area (Å²) >= 11 is 0. The van der Waals surface area contributed by atoms with Gasteiger partial charge in [-0.05, 0) is 50.3 Å². The zero-order valence-corrected chi connectivity index (χ0v) is 15.8. The number of hydrogen-bond donors (Lipinski definition) is 0. The molecule has 6 nitrogen and oxygen atoms in total. The Balaban J connectivity index is 1.65. The minimum Gasteiger partial charge on any atom is -0.452 e. The number of benzene rings is 1. The first-order chi connectivity index (χ1) is 12.3. The van der Waals surface area contributed by atoms with Gasteiger partial charge < -0.3 is 9.64 Å². The summed E-state index contributed by atoms with van der Waals surface area (Å²) in [4.78, 5) is 35.4. The second kappa shape index (κ2) is 7.40. The van der Waals surface area contributed by atoms with Crippen LogP contribution in [0.25, 0.3) is 11.0 Å². The highest BCUT2D eigenvalue weighted by Crippen LogP contribution is 2.21. The van der Waals surface area contributed by atoms with Crippen molar-refractivity contribution in [2.24, 2.45) is 11.8 Å². The zero-order chi connectivity index (χ0) is 18.8. The molecule has 1 aromatic carbocycles. The van der Waals surface area contributed by atoms with Crippen LogP contribution in [0.3, 0.4) is 0 Å². The fraction of sp³-hybridized carbons (Fsp3) is 0.500. The molecule has 1 saturated heterocycles. The number of nitrogens with zero attached hydrogens (tertiary/aromatic N) is 3. The lowest BCUT2D eigenvalue weighted by molar-refractivity contribution is -0.137. The molecule has 26 heavy (non-hydrogen) atoms. The summed E-state index contributed by atoms with van der Waals surface area (Å²) in [6, 6.07) is 5.07. The number of piperidine rings is 1. The third-order valence-electron chi connectivity index (χ3n) is 4.86. The Labute approximate surface area is 153 Å². The first kappa shape index (κ1) is 18.3. The SMILES string of the molecule is Cc1nc2ccc(C(=O)OCC(=O)N3CC(C)CC(C)C3)cc2nc1C. The first-order valence-corrected chi connectivity index (χ1v) is 9.03. The van der Waals surface area contributed by atoms with Crippen LogP contribution in [0.15, 0.2) is 18.2 Å². The molecule has 1 aromatic heterocycles. The van der Waals surface area contributed by atoms with Crippen LogP contribution in [0.4, 0.5) is 0 Å². The van der Waals surface area contributed by atoms with Crippen LogP contribution in [0.1, 0.15) is 42.0 Å². The molecule has 2 atom stereocenters. The van der Waals surface area contributed by atoms with Gasteiger partial charge in [0.2, 0.25) is 0 Å². The van der Waals surface area contributed by atoms with Gasteiger partial charge in [-0.15, -0.1) is 0 Å². The number of esters is 1. The van der Waals surface area contributed by atoms with E-state index in [-0.39, 0.29) is 12.5 Å². The van der Waals surface area contributed by atoms with Crippen LogP contribution in [0.2, 0.25) is 0 Å². The minimum atomic E-state index is -0.515. The van der Waals surface area contributed by atoms with Crippen molar-refractivity contribution in [2.75, 3.05) is 19.7 Å². The number of carbonyl (C=O) groups is 2. The Hall–Kier alpha value is -2.50. The van der Waals surface area contributed by atoms with Gasteiger partial charge in [-0.25, -0.2) is 14.8 Å². The Kier molecular flexibility index (Phi) is 5.20. The lowest BCUT2D eigenvalue weighted by Crippen LogP contribution is -2.44. The van der Waals surface area contributed by atoms with Gasteiger partial charge in [-0.1, -0.05) is 13.8 Å². The normalized spacial score (nSPS) is 20.2. The lowest BCUT2D eigenvalue weighted by Gasteiger charge is -2.34. The van der Waals surface area contributed by atoms with Gasteiger partial charge in [-0.2, -0.15) is 0 Å². The first-order valence-electron chi connectivity index (χ1n) is 9.03. The third-order valence-corrected chi connectivity index (χ3v) is 4.86. The summed E-state index contributed by atoms with van der Waals surface area (Å²) in [7, 11) is 0. The van der Waals surface area contributed by atoms with Crippen LogP contribution >= 0.6 is 0 Å². The topological polar surface area (TPSA) is 72.4 Å². The Morgan fingerprint density at radius 3 is 2.35 bits per heavy atom. The monoisotopic (exact) mass is 355 g/mol. The third kappa shape index (κ3) is 4.00. The second-order valence-corrected chi connectivity index (χ2v) is 7.42. The molecule has 0 radical (unpaired) electrons. The lowest BCUT2D eigenvalue weighted by atomic mass is 9.92. The van der Waals surface area contributed by atoms with E-state index in [1.54, 1.807) is 23.1 Å². The Morgan fingerprint density at radius 2 is 1.69 bits per heavy atom. The number of rotatable bonds is 3. The number of hydrogen-bond acceptors (Lipinski definition) is 5. The van der Waals surface area contributed by atoms with Crippen molar-refractivity contribution in [1.29, 1.82) is 0 Å². The fourth-order valence-electron chi connectivity index (χ4n) is 3.53. The maximum absolute atomic E-state index is 12.3. The van der Waals surface area contributed by atoms with Crippen molar-refractivity contribution in [2.45, 2.75) is 34.1 Å². The number of likely N-dealkylation sites (tertiary alicyclic amines) is 1. The molecule has 0 spiro atoms. The van der Waals surface area contributed by atoms with Crippen molar-refractivity contribution in [3.8, 4) is 0 Å². The number of fused-ring (bicyclic) bond motifs is 1. The molecule has 2 unspecified atom stereocenters. The molecule has 3 rings (SSSR count). The number of amides is 1. The van der Waals surface area contributed by atoms with E-state index in [4.69, 9.17) is 4.74 Å². The maximum atomic E-state index is 12.3. The molecule has 138 valence electrons. The number of aryl methyl sites for hydroxylation is 2. The average Bonchev–Trinajstić information content (AvgIpc) is 2.59. The van der Waals surface area contributed by atoms with Gasteiger partial charge in [-0.3, -0.25) is 4.79 Å². The molecule has 0 N–H and O–H groups in total. The molecule has 1 fully saturated rings. The second-order valence-electron chi connectivity index (χ2n) is 7.42. The highest BCUT2D eigenvalue weighted by molar-refractivity contribution is 5.94. The van der Waals surface area contributed by atoms with Crippen LogP contribution in [-0.4, -0.2) is 46.4 Å². The van der Waals surface area contributed by atoms with Crippen LogP contribution < -0.4 is 0 Å². The molecule has 6 heteroatoms. The molecule has 1 aliphatic rings. The highest BCUT2D eigenvalue weighted by atomic mass is 16.5. The number of ether oxygens (including phenoxy) is 1. The van der Waals surface area contributed by atoms with Crippen LogP contribution in [0, 0.1) is 25.7 Å². The van der Waals surface area contributed by atoms with Gasteiger partial charge in [0.05, 0.1) is 28.0 Å². The van der Waals surface area contributed by atoms with E-state index in [0.717, 1.165) is 36.4 Å². The predicted octanol–water partition coefficient (Wildman–Crippen LogP) is 2.91. The van der Waals surface area contributed by atoms with E-state index in [1.165, 1.54) is 0 Å². The van der Waals surface area contributed by atoms with Crippen molar-refractivity contribution in [1.82, 2.24) is 14.9 Å². The van der Waals surface area contributed by atoms with Crippen molar-refractivity contribution in [3.63, 3.8) is 0 Å². The highest BCUT2D eigenvalue weighted by Gasteiger charge is 2.26. The van der Waals surface area contributed by atoms with E-state index in [1.807, 2.05) is 13.8 Å². The molecular weight excluding hydrogens is 330 g/mol. The molecular formula is C20H25N3O3. The number of carbonyl (C=O) groups excluding carboxylic acids is 2. The molecule has 1 aliphatic heterocycles. The smallest absolute Gasteiger partial charge is 0.338 e. The summed E-state index contributed by atoms with van der Waals surface area (Å²) in [5.74, 6) is 0.301. The van der Waals surface area contributed by atoms with Crippen LogP contribution in [0.5, 0.6) is 0 Å². The molecule has 0 bridgehead atoms. The van der Waals surface area contributed by atoms with E-state index >= 15 is 0 Å².